The number of carbonyl (C=O) groups excluding carboxylic acids is 1. The molecule has 1 fully saturated rings. The van der Waals surface area contributed by atoms with Crippen molar-refractivity contribution in [2.45, 2.75) is 26.3 Å². The molecule has 1 saturated heterocycles. The second kappa shape index (κ2) is 9.51. The number of anilines is 1. The van der Waals surface area contributed by atoms with Crippen LogP contribution in [0.15, 0.2) is 42.7 Å². The molecule has 1 amide bonds. The monoisotopic (exact) mass is 474 g/mol. The van der Waals surface area contributed by atoms with E-state index in [-0.39, 0.29) is 11.8 Å². The molecule has 0 spiro atoms. The number of piperidine rings is 1. The molecule has 3 aromatic rings. The van der Waals surface area contributed by atoms with Crippen molar-refractivity contribution < 1.29 is 17.9 Å². The quantitative estimate of drug-likeness (QED) is 0.522. The molecule has 1 aliphatic rings. The molecule has 3 heterocycles. The SMILES string of the molecule is CCOc1ccc2nc(N(Cc3cccnc3)C(=O)C3CCN(S(C)(=O)=O)CC3)sc2c1. The number of aromatic nitrogens is 2. The van der Waals surface area contributed by atoms with Crippen molar-refractivity contribution in [3.05, 3.63) is 48.3 Å². The molecule has 0 unspecified atom stereocenters. The molecule has 32 heavy (non-hydrogen) atoms. The van der Waals surface area contributed by atoms with Gasteiger partial charge in [0.15, 0.2) is 5.13 Å². The van der Waals surface area contributed by atoms with E-state index in [1.54, 1.807) is 17.3 Å². The number of benzene rings is 1. The van der Waals surface area contributed by atoms with Crippen LogP contribution in [0.4, 0.5) is 5.13 Å². The number of thiazole rings is 1. The molecule has 0 atom stereocenters. The lowest BCUT2D eigenvalue weighted by Crippen LogP contribution is -2.44. The number of carbonyl (C=O) groups is 1. The molecule has 10 heteroatoms. The van der Waals surface area contributed by atoms with E-state index in [0.717, 1.165) is 21.5 Å². The number of amides is 1. The van der Waals surface area contributed by atoms with Gasteiger partial charge in [0.2, 0.25) is 15.9 Å². The third kappa shape index (κ3) is 5.08. The zero-order chi connectivity index (χ0) is 22.7. The van der Waals surface area contributed by atoms with Crippen LogP contribution in [0.3, 0.4) is 0 Å². The van der Waals surface area contributed by atoms with E-state index in [4.69, 9.17) is 9.72 Å². The largest absolute Gasteiger partial charge is 0.494 e. The number of pyridine rings is 1. The third-order valence-corrected chi connectivity index (χ3v) is 7.84. The number of rotatable bonds is 7. The van der Waals surface area contributed by atoms with Gasteiger partial charge in [-0.3, -0.25) is 14.7 Å². The summed E-state index contributed by atoms with van der Waals surface area (Å²) in [5, 5.41) is 0.619. The average molecular weight is 475 g/mol. The van der Waals surface area contributed by atoms with Gasteiger partial charge in [0, 0.05) is 31.4 Å². The zero-order valence-corrected chi connectivity index (χ0v) is 19.7. The minimum absolute atomic E-state index is 0.0360. The van der Waals surface area contributed by atoms with Gasteiger partial charge in [0.05, 0.1) is 29.6 Å². The van der Waals surface area contributed by atoms with E-state index in [9.17, 15) is 13.2 Å². The predicted molar refractivity (Wildman–Crippen MR) is 125 cm³/mol. The molecular weight excluding hydrogens is 448 g/mol. The molecule has 0 aliphatic carbocycles. The zero-order valence-electron chi connectivity index (χ0n) is 18.1. The second-order valence-electron chi connectivity index (χ2n) is 7.78. The summed E-state index contributed by atoms with van der Waals surface area (Å²) in [7, 11) is -3.24. The van der Waals surface area contributed by atoms with Crippen LogP contribution in [0.25, 0.3) is 10.2 Å². The van der Waals surface area contributed by atoms with Crippen LogP contribution >= 0.6 is 11.3 Å². The van der Waals surface area contributed by atoms with Gasteiger partial charge in [-0.2, -0.15) is 0 Å². The Labute approximate surface area is 191 Å². The maximum atomic E-state index is 13.6. The van der Waals surface area contributed by atoms with Gasteiger partial charge in [0.1, 0.15) is 5.75 Å². The fraction of sp³-hybridized carbons (Fsp3) is 0.409. The summed E-state index contributed by atoms with van der Waals surface area (Å²) < 4.78 is 31.7. The summed E-state index contributed by atoms with van der Waals surface area (Å²) in [6.45, 7) is 3.58. The van der Waals surface area contributed by atoms with E-state index in [2.05, 4.69) is 4.98 Å². The summed E-state index contributed by atoms with van der Waals surface area (Å²) in [6, 6.07) is 9.49. The normalized spacial score (nSPS) is 15.7. The van der Waals surface area contributed by atoms with Gasteiger partial charge in [-0.05, 0) is 49.6 Å². The van der Waals surface area contributed by atoms with Crippen LogP contribution in [0, 0.1) is 5.92 Å². The Kier molecular flexibility index (Phi) is 6.73. The number of hydrogen-bond acceptors (Lipinski definition) is 7. The fourth-order valence-corrected chi connectivity index (χ4v) is 5.71. The number of fused-ring (bicyclic) bond motifs is 1. The highest BCUT2D eigenvalue weighted by atomic mass is 32.2. The lowest BCUT2D eigenvalue weighted by atomic mass is 9.96. The van der Waals surface area contributed by atoms with E-state index in [1.165, 1.54) is 21.9 Å². The Morgan fingerprint density at radius 1 is 1.28 bits per heavy atom. The Balaban J connectivity index is 1.62. The maximum absolute atomic E-state index is 13.6. The molecule has 8 nitrogen and oxygen atoms in total. The molecule has 4 rings (SSSR count). The van der Waals surface area contributed by atoms with Crippen LogP contribution in [-0.2, 0) is 21.4 Å². The van der Waals surface area contributed by atoms with E-state index in [0.29, 0.717) is 44.2 Å². The topological polar surface area (TPSA) is 92.7 Å². The molecule has 0 radical (unpaired) electrons. The Hall–Kier alpha value is -2.56. The Bertz CT molecular complexity index is 1190. The summed E-state index contributed by atoms with van der Waals surface area (Å²) in [5.41, 5.74) is 1.72. The van der Waals surface area contributed by atoms with Crippen molar-refractivity contribution in [1.29, 1.82) is 0 Å². The smallest absolute Gasteiger partial charge is 0.232 e. The highest BCUT2D eigenvalue weighted by Gasteiger charge is 2.33. The molecule has 0 saturated carbocycles. The number of nitrogens with zero attached hydrogens (tertiary/aromatic N) is 4. The fourth-order valence-electron chi connectivity index (χ4n) is 3.83. The van der Waals surface area contributed by atoms with Gasteiger partial charge in [-0.15, -0.1) is 0 Å². The van der Waals surface area contributed by atoms with Crippen molar-refractivity contribution in [3.63, 3.8) is 0 Å². The van der Waals surface area contributed by atoms with Crippen LogP contribution in [0.2, 0.25) is 0 Å². The molecule has 0 bridgehead atoms. The number of hydrogen-bond donors (Lipinski definition) is 0. The van der Waals surface area contributed by atoms with Gasteiger partial charge < -0.3 is 4.74 Å². The van der Waals surface area contributed by atoms with E-state index >= 15 is 0 Å². The summed E-state index contributed by atoms with van der Waals surface area (Å²) in [6.07, 6.45) is 5.64. The van der Waals surface area contributed by atoms with Crippen molar-refractivity contribution in [3.8, 4) is 5.75 Å². The Morgan fingerprint density at radius 2 is 2.06 bits per heavy atom. The lowest BCUT2D eigenvalue weighted by molar-refractivity contribution is -0.123. The average Bonchev–Trinajstić information content (AvgIpc) is 3.20. The third-order valence-electron chi connectivity index (χ3n) is 5.49. The van der Waals surface area contributed by atoms with Gasteiger partial charge in [0.25, 0.3) is 0 Å². The number of ether oxygens (including phenoxy) is 1. The lowest BCUT2D eigenvalue weighted by Gasteiger charge is -2.32. The van der Waals surface area contributed by atoms with Crippen LogP contribution in [0.1, 0.15) is 25.3 Å². The van der Waals surface area contributed by atoms with Gasteiger partial charge >= 0.3 is 0 Å². The van der Waals surface area contributed by atoms with Crippen LogP contribution in [0.5, 0.6) is 5.75 Å². The first-order valence-corrected chi connectivity index (χ1v) is 13.2. The van der Waals surface area contributed by atoms with Crippen molar-refractivity contribution >= 4 is 42.6 Å². The maximum Gasteiger partial charge on any atom is 0.232 e. The molecular formula is C22H26N4O4S2. The first-order valence-electron chi connectivity index (χ1n) is 10.5. The predicted octanol–water partition coefficient (Wildman–Crippen LogP) is 3.29. The summed E-state index contributed by atoms with van der Waals surface area (Å²) in [4.78, 5) is 24.2. The second-order valence-corrected chi connectivity index (χ2v) is 10.8. The Morgan fingerprint density at radius 3 is 2.72 bits per heavy atom. The summed E-state index contributed by atoms with van der Waals surface area (Å²) >= 11 is 1.45. The van der Waals surface area contributed by atoms with Crippen molar-refractivity contribution in [1.82, 2.24) is 14.3 Å². The van der Waals surface area contributed by atoms with Crippen LogP contribution in [-0.4, -0.2) is 54.6 Å². The van der Waals surface area contributed by atoms with Gasteiger partial charge in [-0.1, -0.05) is 17.4 Å². The first-order chi connectivity index (χ1) is 15.3. The summed E-state index contributed by atoms with van der Waals surface area (Å²) in [5.74, 6) is 0.482. The van der Waals surface area contributed by atoms with E-state index in [1.807, 2.05) is 37.3 Å². The van der Waals surface area contributed by atoms with E-state index < -0.39 is 10.0 Å². The van der Waals surface area contributed by atoms with Gasteiger partial charge in [-0.25, -0.2) is 17.7 Å². The van der Waals surface area contributed by atoms with Crippen molar-refractivity contribution in [2.75, 3.05) is 30.9 Å². The van der Waals surface area contributed by atoms with Crippen molar-refractivity contribution in [2.24, 2.45) is 5.92 Å². The highest BCUT2D eigenvalue weighted by molar-refractivity contribution is 7.88. The number of sulfonamides is 1. The van der Waals surface area contributed by atoms with Crippen LogP contribution < -0.4 is 9.64 Å². The molecule has 2 aromatic heterocycles. The minimum Gasteiger partial charge on any atom is -0.494 e. The highest BCUT2D eigenvalue weighted by Crippen LogP contribution is 2.34. The molecule has 1 aromatic carbocycles. The molecule has 0 N–H and O–H groups in total. The minimum atomic E-state index is -3.24. The molecule has 1 aliphatic heterocycles. The standard InChI is InChI=1S/C22H26N4O4S2/c1-3-30-18-6-7-19-20(13-18)31-22(24-19)26(15-16-5-4-10-23-14-16)21(27)17-8-11-25(12-9-17)32(2,28)29/h4-7,10,13-14,17H,3,8-9,11-12,15H2,1-2H3. The molecule has 170 valence electrons. The first kappa shape index (κ1) is 22.6.